The molecule has 1 fully saturated rings. The van der Waals surface area contributed by atoms with Crippen molar-refractivity contribution in [2.45, 2.75) is 31.1 Å². The van der Waals surface area contributed by atoms with Crippen molar-refractivity contribution in [2.24, 2.45) is 5.92 Å². The molecule has 1 aromatic rings. The van der Waals surface area contributed by atoms with Crippen molar-refractivity contribution in [3.05, 3.63) is 24.3 Å². The number of carbonyl (C=O) groups is 1. The molecule has 7 nitrogen and oxygen atoms in total. The van der Waals surface area contributed by atoms with Crippen molar-refractivity contribution in [1.29, 1.82) is 0 Å². The highest BCUT2D eigenvalue weighted by Crippen LogP contribution is 2.25. The van der Waals surface area contributed by atoms with E-state index in [1.165, 1.54) is 4.31 Å². The zero-order chi connectivity index (χ0) is 19.0. The average molecular weight is 420 g/mol. The van der Waals surface area contributed by atoms with Crippen molar-refractivity contribution >= 4 is 28.3 Å². The fourth-order valence-electron chi connectivity index (χ4n) is 3.00. The van der Waals surface area contributed by atoms with Crippen LogP contribution in [0.4, 0.5) is 0 Å². The number of halogens is 1. The van der Waals surface area contributed by atoms with Crippen LogP contribution in [0.5, 0.6) is 5.75 Å². The normalized spacial score (nSPS) is 15.8. The summed E-state index contributed by atoms with van der Waals surface area (Å²) in [6.45, 7) is 4.65. The Labute approximate surface area is 168 Å². The summed E-state index contributed by atoms with van der Waals surface area (Å²) in [6, 6.07) is 6.48. The first kappa shape index (κ1) is 23.7. The van der Waals surface area contributed by atoms with Crippen LogP contribution >= 0.6 is 12.4 Å². The molecular weight excluding hydrogens is 390 g/mol. The molecule has 2 N–H and O–H groups in total. The molecule has 0 saturated carbocycles. The first-order valence-electron chi connectivity index (χ1n) is 9.14. The summed E-state index contributed by atoms with van der Waals surface area (Å²) >= 11 is 0. The summed E-state index contributed by atoms with van der Waals surface area (Å²) in [7, 11) is -1.65. The number of rotatable bonds is 9. The second-order valence-corrected chi connectivity index (χ2v) is 8.27. The number of hydrogen-bond donors (Lipinski definition) is 2. The molecule has 1 saturated heterocycles. The van der Waals surface area contributed by atoms with Crippen LogP contribution in [0.15, 0.2) is 29.2 Å². The lowest BCUT2D eigenvalue weighted by Crippen LogP contribution is -2.43. The maximum Gasteiger partial charge on any atom is 0.243 e. The lowest BCUT2D eigenvalue weighted by molar-refractivity contribution is -0.126. The molecule has 0 aliphatic carbocycles. The van der Waals surface area contributed by atoms with E-state index >= 15 is 0 Å². The molecule has 0 unspecified atom stereocenters. The number of ether oxygens (including phenoxy) is 1. The lowest BCUT2D eigenvalue weighted by atomic mass is 9.97. The smallest absolute Gasteiger partial charge is 0.243 e. The predicted molar refractivity (Wildman–Crippen MR) is 108 cm³/mol. The van der Waals surface area contributed by atoms with Crippen LogP contribution in [0, 0.1) is 5.92 Å². The van der Waals surface area contributed by atoms with Gasteiger partial charge >= 0.3 is 0 Å². The zero-order valence-electron chi connectivity index (χ0n) is 15.9. The SMILES string of the molecule is CCOc1ccc(S(=O)(=O)N2CCC(C(=O)NCCCNC)CC2)cc1.Cl. The van der Waals surface area contributed by atoms with Gasteiger partial charge in [-0.2, -0.15) is 4.31 Å². The minimum atomic E-state index is -3.53. The number of carbonyl (C=O) groups excluding carboxylic acids is 1. The Morgan fingerprint density at radius 2 is 1.81 bits per heavy atom. The first-order chi connectivity index (χ1) is 12.5. The highest BCUT2D eigenvalue weighted by Gasteiger charge is 2.31. The summed E-state index contributed by atoms with van der Waals surface area (Å²) in [5.74, 6) is 0.565. The average Bonchev–Trinajstić information content (AvgIpc) is 2.66. The summed E-state index contributed by atoms with van der Waals surface area (Å²) in [5, 5.41) is 5.97. The van der Waals surface area contributed by atoms with Gasteiger partial charge in [-0.25, -0.2) is 8.42 Å². The molecule has 2 rings (SSSR count). The molecule has 1 aliphatic heterocycles. The Kier molecular flexibility index (Phi) is 10.1. The van der Waals surface area contributed by atoms with Gasteiger partial charge in [-0.05, 0) is 64.0 Å². The number of benzene rings is 1. The van der Waals surface area contributed by atoms with Gasteiger partial charge < -0.3 is 15.4 Å². The largest absolute Gasteiger partial charge is 0.494 e. The maximum absolute atomic E-state index is 12.8. The van der Waals surface area contributed by atoms with Crippen LogP contribution in [0.2, 0.25) is 0 Å². The number of amides is 1. The molecular formula is C18H30ClN3O4S. The van der Waals surface area contributed by atoms with E-state index < -0.39 is 10.0 Å². The lowest BCUT2D eigenvalue weighted by Gasteiger charge is -2.30. The quantitative estimate of drug-likeness (QED) is 0.594. The van der Waals surface area contributed by atoms with Gasteiger partial charge in [0.1, 0.15) is 5.75 Å². The van der Waals surface area contributed by atoms with Crippen molar-refractivity contribution in [3.63, 3.8) is 0 Å². The number of sulfonamides is 1. The number of piperidine rings is 1. The van der Waals surface area contributed by atoms with E-state index in [0.29, 0.717) is 44.8 Å². The number of hydrogen-bond acceptors (Lipinski definition) is 5. The molecule has 1 amide bonds. The molecule has 0 radical (unpaired) electrons. The van der Waals surface area contributed by atoms with Crippen LogP contribution in [0.3, 0.4) is 0 Å². The summed E-state index contributed by atoms with van der Waals surface area (Å²) in [4.78, 5) is 12.4. The van der Waals surface area contributed by atoms with Crippen LogP contribution in [-0.2, 0) is 14.8 Å². The third kappa shape index (κ3) is 6.64. The van der Waals surface area contributed by atoms with E-state index in [1.54, 1.807) is 24.3 Å². The van der Waals surface area contributed by atoms with Gasteiger partial charge in [0.05, 0.1) is 11.5 Å². The van der Waals surface area contributed by atoms with Crippen molar-refractivity contribution < 1.29 is 17.9 Å². The molecule has 1 aliphatic rings. The number of nitrogens with zero attached hydrogens (tertiary/aromatic N) is 1. The highest BCUT2D eigenvalue weighted by molar-refractivity contribution is 7.89. The van der Waals surface area contributed by atoms with E-state index in [-0.39, 0.29) is 29.1 Å². The monoisotopic (exact) mass is 419 g/mol. The van der Waals surface area contributed by atoms with Crippen LogP contribution < -0.4 is 15.4 Å². The standard InChI is InChI=1S/C18H29N3O4S.ClH/c1-3-25-16-5-7-17(8-6-16)26(23,24)21-13-9-15(10-14-21)18(22)20-12-4-11-19-2;/h5-8,15,19H,3-4,9-14H2,1-2H3,(H,20,22);1H. The van der Waals surface area contributed by atoms with E-state index in [1.807, 2.05) is 14.0 Å². The topological polar surface area (TPSA) is 87.7 Å². The maximum atomic E-state index is 12.8. The van der Waals surface area contributed by atoms with E-state index in [9.17, 15) is 13.2 Å². The summed E-state index contributed by atoms with van der Waals surface area (Å²) in [5.41, 5.74) is 0. The van der Waals surface area contributed by atoms with Gasteiger partial charge in [-0.1, -0.05) is 0 Å². The Morgan fingerprint density at radius 3 is 2.37 bits per heavy atom. The molecule has 9 heteroatoms. The fraction of sp³-hybridized carbons (Fsp3) is 0.611. The molecule has 0 bridgehead atoms. The van der Waals surface area contributed by atoms with Gasteiger partial charge in [0.25, 0.3) is 0 Å². The Bertz CT molecular complexity index is 674. The van der Waals surface area contributed by atoms with Gasteiger partial charge in [0.15, 0.2) is 0 Å². The number of nitrogens with one attached hydrogen (secondary N) is 2. The molecule has 27 heavy (non-hydrogen) atoms. The van der Waals surface area contributed by atoms with Crippen molar-refractivity contribution in [2.75, 3.05) is 39.8 Å². The van der Waals surface area contributed by atoms with Crippen LogP contribution in [0.25, 0.3) is 0 Å². The van der Waals surface area contributed by atoms with Gasteiger partial charge in [-0.3, -0.25) is 4.79 Å². The van der Waals surface area contributed by atoms with Crippen molar-refractivity contribution in [3.8, 4) is 5.75 Å². The van der Waals surface area contributed by atoms with E-state index in [4.69, 9.17) is 4.74 Å². The minimum absolute atomic E-state index is 0. The Hall–Kier alpha value is -1.35. The van der Waals surface area contributed by atoms with Crippen molar-refractivity contribution in [1.82, 2.24) is 14.9 Å². The van der Waals surface area contributed by atoms with Crippen LogP contribution in [-0.4, -0.2) is 58.5 Å². The van der Waals surface area contributed by atoms with Gasteiger partial charge in [0.2, 0.25) is 15.9 Å². The third-order valence-electron chi connectivity index (χ3n) is 4.50. The molecule has 0 aromatic heterocycles. The second kappa shape index (κ2) is 11.5. The van der Waals surface area contributed by atoms with Gasteiger partial charge in [0, 0.05) is 25.6 Å². The minimum Gasteiger partial charge on any atom is -0.494 e. The summed E-state index contributed by atoms with van der Waals surface area (Å²) in [6.07, 6.45) is 1.98. The molecule has 0 atom stereocenters. The second-order valence-electron chi connectivity index (χ2n) is 6.33. The third-order valence-corrected chi connectivity index (χ3v) is 6.41. The summed E-state index contributed by atoms with van der Waals surface area (Å²) < 4.78 is 32.3. The molecule has 0 spiro atoms. The fourth-order valence-corrected chi connectivity index (χ4v) is 4.47. The van der Waals surface area contributed by atoms with Gasteiger partial charge in [-0.15, -0.1) is 12.4 Å². The zero-order valence-corrected chi connectivity index (χ0v) is 17.6. The van der Waals surface area contributed by atoms with Crippen LogP contribution in [0.1, 0.15) is 26.2 Å². The highest BCUT2D eigenvalue weighted by atomic mass is 35.5. The van der Waals surface area contributed by atoms with E-state index in [0.717, 1.165) is 13.0 Å². The first-order valence-corrected chi connectivity index (χ1v) is 10.6. The molecule has 1 heterocycles. The predicted octanol–water partition coefficient (Wildman–Crippen LogP) is 1.63. The Balaban J connectivity index is 0.00000364. The molecule has 154 valence electrons. The molecule has 1 aromatic carbocycles. The Morgan fingerprint density at radius 1 is 1.19 bits per heavy atom. The van der Waals surface area contributed by atoms with E-state index in [2.05, 4.69) is 10.6 Å².